The summed E-state index contributed by atoms with van der Waals surface area (Å²) in [5.41, 5.74) is -0.965. The number of benzene rings is 1. The van der Waals surface area contributed by atoms with Crippen molar-refractivity contribution < 1.29 is 18.3 Å². The predicted octanol–water partition coefficient (Wildman–Crippen LogP) is 2.29. The molecule has 0 aromatic heterocycles. The van der Waals surface area contributed by atoms with Crippen molar-refractivity contribution >= 4 is 31.9 Å². The largest absolute Gasteiger partial charge is 0.480 e. The number of halogens is 1. The number of hydrogen-bond donors (Lipinski definition) is 2. The maximum Gasteiger partial charge on any atom is 0.324 e. The van der Waals surface area contributed by atoms with Gasteiger partial charge in [0, 0.05) is 4.47 Å². The van der Waals surface area contributed by atoms with Crippen LogP contribution in [0.2, 0.25) is 0 Å². The molecular weight excluding hydrogens is 334 g/mol. The normalized spacial score (nSPS) is 14.9. The molecule has 2 N–H and O–H groups in total. The van der Waals surface area contributed by atoms with E-state index < -0.39 is 21.5 Å². The van der Waals surface area contributed by atoms with Gasteiger partial charge in [-0.3, -0.25) is 4.79 Å². The molecule has 0 heterocycles. The topological polar surface area (TPSA) is 83.5 Å². The molecule has 0 bridgehead atoms. The summed E-state index contributed by atoms with van der Waals surface area (Å²) in [6.45, 7) is 4.62. The van der Waals surface area contributed by atoms with Crippen LogP contribution in [0.15, 0.2) is 27.6 Å². The number of carboxylic acid groups (broad SMARTS) is 1. The first kappa shape index (κ1) is 16.1. The van der Waals surface area contributed by atoms with Gasteiger partial charge in [-0.2, -0.15) is 4.72 Å². The Kier molecular flexibility index (Phi) is 4.76. The minimum absolute atomic E-state index is 0.0720. The van der Waals surface area contributed by atoms with Crippen LogP contribution in [-0.4, -0.2) is 25.0 Å². The SMILES string of the molecule is CCC(C)(NS(=O)(=O)c1cc(Br)ccc1C)C(=O)O. The molecule has 1 aromatic rings. The summed E-state index contributed by atoms with van der Waals surface area (Å²) in [6, 6.07) is 4.84. The quantitative estimate of drug-likeness (QED) is 0.854. The number of carboxylic acids is 1. The monoisotopic (exact) mass is 349 g/mol. The van der Waals surface area contributed by atoms with Crippen LogP contribution < -0.4 is 4.72 Å². The Morgan fingerprint density at radius 2 is 2.05 bits per heavy atom. The Bertz CT molecular complexity index is 600. The second-order valence-electron chi connectivity index (χ2n) is 4.51. The molecule has 0 radical (unpaired) electrons. The Labute approximate surface area is 121 Å². The van der Waals surface area contributed by atoms with E-state index in [1.165, 1.54) is 13.0 Å². The molecule has 5 nitrogen and oxygen atoms in total. The molecule has 0 amide bonds. The molecule has 0 saturated carbocycles. The van der Waals surface area contributed by atoms with E-state index >= 15 is 0 Å². The molecule has 1 unspecified atom stereocenters. The zero-order chi connectivity index (χ0) is 14.8. The van der Waals surface area contributed by atoms with Gasteiger partial charge in [-0.15, -0.1) is 0 Å². The van der Waals surface area contributed by atoms with Crippen molar-refractivity contribution in [3.63, 3.8) is 0 Å². The van der Waals surface area contributed by atoms with Crippen LogP contribution >= 0.6 is 15.9 Å². The number of hydrogen-bond acceptors (Lipinski definition) is 3. The number of carbonyl (C=O) groups is 1. The molecule has 0 aliphatic heterocycles. The van der Waals surface area contributed by atoms with E-state index in [1.54, 1.807) is 26.0 Å². The molecule has 0 aliphatic rings. The molecule has 7 heteroatoms. The highest BCUT2D eigenvalue weighted by Gasteiger charge is 2.36. The van der Waals surface area contributed by atoms with Crippen LogP contribution in [0.3, 0.4) is 0 Å². The first-order chi connectivity index (χ1) is 8.62. The van der Waals surface area contributed by atoms with Crippen molar-refractivity contribution in [1.29, 1.82) is 0 Å². The van der Waals surface area contributed by atoms with Gasteiger partial charge >= 0.3 is 5.97 Å². The van der Waals surface area contributed by atoms with Gasteiger partial charge in [0.25, 0.3) is 0 Å². The van der Waals surface area contributed by atoms with Gasteiger partial charge in [0.15, 0.2) is 0 Å². The Morgan fingerprint density at radius 3 is 2.53 bits per heavy atom. The third-order valence-corrected chi connectivity index (χ3v) is 5.21. The fourth-order valence-electron chi connectivity index (χ4n) is 1.48. The molecule has 0 aliphatic carbocycles. The Balaban J connectivity index is 3.26. The van der Waals surface area contributed by atoms with E-state index in [-0.39, 0.29) is 11.3 Å². The molecule has 1 aromatic carbocycles. The van der Waals surface area contributed by atoms with Gasteiger partial charge in [-0.25, -0.2) is 8.42 Å². The maximum atomic E-state index is 12.3. The van der Waals surface area contributed by atoms with Crippen molar-refractivity contribution in [3.8, 4) is 0 Å². The second kappa shape index (κ2) is 5.60. The first-order valence-corrected chi connectivity index (χ1v) is 7.93. The van der Waals surface area contributed by atoms with Crippen molar-refractivity contribution in [2.24, 2.45) is 0 Å². The highest BCUT2D eigenvalue weighted by Crippen LogP contribution is 2.23. The van der Waals surface area contributed by atoms with Crippen LogP contribution in [0.1, 0.15) is 25.8 Å². The average Bonchev–Trinajstić information content (AvgIpc) is 2.31. The number of aryl methyl sites for hydroxylation is 1. The summed E-state index contributed by atoms with van der Waals surface area (Å²) in [5.74, 6) is -1.20. The lowest BCUT2D eigenvalue weighted by Gasteiger charge is -2.24. The first-order valence-electron chi connectivity index (χ1n) is 5.66. The number of nitrogens with one attached hydrogen (secondary N) is 1. The molecule has 19 heavy (non-hydrogen) atoms. The van der Waals surface area contributed by atoms with Crippen LogP contribution in [-0.2, 0) is 14.8 Å². The molecule has 0 saturated heterocycles. The molecule has 0 spiro atoms. The summed E-state index contributed by atoms with van der Waals surface area (Å²) in [6.07, 6.45) is 0.147. The molecule has 106 valence electrons. The van der Waals surface area contributed by atoms with Crippen molar-refractivity contribution in [2.75, 3.05) is 0 Å². The smallest absolute Gasteiger partial charge is 0.324 e. The van der Waals surface area contributed by atoms with Crippen LogP contribution in [0.25, 0.3) is 0 Å². The third-order valence-electron chi connectivity index (χ3n) is 2.98. The van der Waals surface area contributed by atoms with Crippen molar-refractivity contribution in [2.45, 2.75) is 37.6 Å². The van der Waals surface area contributed by atoms with Crippen LogP contribution in [0.5, 0.6) is 0 Å². The van der Waals surface area contributed by atoms with Gasteiger partial charge in [-0.05, 0) is 38.0 Å². The second-order valence-corrected chi connectivity index (χ2v) is 7.07. The van der Waals surface area contributed by atoms with Gasteiger partial charge in [-0.1, -0.05) is 28.9 Å². The van der Waals surface area contributed by atoms with Gasteiger partial charge in [0.1, 0.15) is 5.54 Å². The van der Waals surface area contributed by atoms with Crippen molar-refractivity contribution in [3.05, 3.63) is 28.2 Å². The summed E-state index contributed by atoms with van der Waals surface area (Å²) in [5, 5.41) is 9.13. The molecular formula is C12H16BrNO4S. The van der Waals surface area contributed by atoms with E-state index in [1.807, 2.05) is 0 Å². The van der Waals surface area contributed by atoms with Gasteiger partial charge < -0.3 is 5.11 Å². The third kappa shape index (κ3) is 3.55. The summed E-state index contributed by atoms with van der Waals surface area (Å²) in [7, 11) is -3.89. The predicted molar refractivity (Wildman–Crippen MR) is 75.5 cm³/mol. The van der Waals surface area contributed by atoms with Crippen LogP contribution in [0.4, 0.5) is 0 Å². The van der Waals surface area contributed by atoms with E-state index in [2.05, 4.69) is 20.7 Å². The number of sulfonamides is 1. The van der Waals surface area contributed by atoms with E-state index in [4.69, 9.17) is 5.11 Å². The number of rotatable bonds is 5. The zero-order valence-corrected chi connectivity index (χ0v) is 13.3. The standard InChI is InChI=1S/C12H16BrNO4S/c1-4-12(3,11(15)16)14-19(17,18)10-7-9(13)6-5-8(10)2/h5-7,14H,4H2,1-3H3,(H,15,16). The molecule has 1 atom stereocenters. The lowest BCUT2D eigenvalue weighted by atomic mass is 10.0. The summed E-state index contributed by atoms with van der Waals surface area (Å²) < 4.78 is 27.5. The Morgan fingerprint density at radius 1 is 1.47 bits per heavy atom. The minimum atomic E-state index is -3.89. The van der Waals surface area contributed by atoms with Gasteiger partial charge in [0.2, 0.25) is 10.0 Å². The molecule has 1 rings (SSSR count). The van der Waals surface area contributed by atoms with E-state index in [0.29, 0.717) is 10.0 Å². The van der Waals surface area contributed by atoms with Gasteiger partial charge in [0.05, 0.1) is 4.90 Å². The summed E-state index contributed by atoms with van der Waals surface area (Å²) in [4.78, 5) is 11.2. The van der Waals surface area contributed by atoms with E-state index in [9.17, 15) is 13.2 Å². The highest BCUT2D eigenvalue weighted by atomic mass is 79.9. The average molecular weight is 350 g/mol. The number of aliphatic carboxylic acids is 1. The maximum absolute atomic E-state index is 12.3. The highest BCUT2D eigenvalue weighted by molar-refractivity contribution is 9.10. The van der Waals surface area contributed by atoms with E-state index in [0.717, 1.165) is 0 Å². The zero-order valence-electron chi connectivity index (χ0n) is 10.9. The van der Waals surface area contributed by atoms with Crippen LogP contribution in [0, 0.1) is 6.92 Å². The summed E-state index contributed by atoms with van der Waals surface area (Å²) >= 11 is 3.21. The van der Waals surface area contributed by atoms with Crippen molar-refractivity contribution in [1.82, 2.24) is 4.72 Å². The lowest BCUT2D eigenvalue weighted by molar-refractivity contribution is -0.143. The minimum Gasteiger partial charge on any atom is -0.480 e. The molecule has 0 fully saturated rings. The fraction of sp³-hybridized carbons (Fsp3) is 0.417. The fourth-order valence-corrected chi connectivity index (χ4v) is 3.70. The lowest BCUT2D eigenvalue weighted by Crippen LogP contribution is -2.51. The Hall–Kier alpha value is -0.920.